The Labute approximate surface area is 154 Å². The summed E-state index contributed by atoms with van der Waals surface area (Å²) >= 11 is 0. The van der Waals surface area contributed by atoms with Crippen molar-refractivity contribution in [2.24, 2.45) is 0 Å². The lowest BCUT2D eigenvalue weighted by Gasteiger charge is -2.15. The van der Waals surface area contributed by atoms with E-state index in [1.54, 1.807) is 0 Å². The van der Waals surface area contributed by atoms with E-state index in [1.807, 2.05) is 43.6 Å². The summed E-state index contributed by atoms with van der Waals surface area (Å²) in [6.07, 6.45) is 3.78. The molecule has 0 saturated heterocycles. The fourth-order valence-electron chi connectivity index (χ4n) is 2.87. The second-order valence-corrected chi connectivity index (χ2v) is 6.42. The van der Waals surface area contributed by atoms with Gasteiger partial charge in [0.1, 0.15) is 5.82 Å². The van der Waals surface area contributed by atoms with Crippen molar-refractivity contribution in [1.82, 2.24) is 14.9 Å². The molecule has 3 aromatic rings. The van der Waals surface area contributed by atoms with E-state index in [0.29, 0.717) is 0 Å². The Morgan fingerprint density at radius 2 is 1.81 bits per heavy atom. The fourth-order valence-corrected chi connectivity index (χ4v) is 2.87. The maximum absolute atomic E-state index is 11.1. The lowest BCUT2D eigenvalue weighted by molar-refractivity contribution is -0.114. The molecule has 0 saturated carbocycles. The topological polar surface area (TPSA) is 59.0 Å². The smallest absolute Gasteiger partial charge is 0.221 e. The Bertz CT molecular complexity index is 866. The van der Waals surface area contributed by atoms with Crippen LogP contribution in [0, 0.1) is 6.92 Å². The van der Waals surface area contributed by atoms with E-state index in [9.17, 15) is 4.79 Å². The maximum atomic E-state index is 11.1. The molecule has 0 fully saturated rings. The minimum absolute atomic E-state index is 0.0566. The highest BCUT2D eigenvalue weighted by Gasteiger charge is 2.06. The molecule has 5 heteroatoms. The molecule has 0 aliphatic rings. The highest BCUT2D eigenvalue weighted by Crippen LogP contribution is 2.18. The van der Waals surface area contributed by atoms with Crippen molar-refractivity contribution in [3.05, 3.63) is 77.9 Å². The predicted octanol–water partition coefficient (Wildman–Crippen LogP) is 3.99. The summed E-state index contributed by atoms with van der Waals surface area (Å²) in [4.78, 5) is 15.3. The van der Waals surface area contributed by atoms with Gasteiger partial charge in [0.2, 0.25) is 5.91 Å². The third kappa shape index (κ3) is 4.37. The monoisotopic (exact) mass is 348 g/mol. The van der Waals surface area contributed by atoms with Crippen LogP contribution in [0.3, 0.4) is 0 Å². The zero-order valence-corrected chi connectivity index (χ0v) is 15.4. The Hall–Kier alpha value is -2.92. The van der Waals surface area contributed by atoms with E-state index in [2.05, 4.69) is 51.4 Å². The van der Waals surface area contributed by atoms with Gasteiger partial charge < -0.3 is 15.2 Å². The summed E-state index contributed by atoms with van der Waals surface area (Å²) in [5.74, 6) is 0.922. The number of hydrogen-bond donors (Lipinski definition) is 2. The van der Waals surface area contributed by atoms with E-state index in [4.69, 9.17) is 0 Å². The molecule has 1 heterocycles. The molecule has 0 spiro atoms. The van der Waals surface area contributed by atoms with Crippen molar-refractivity contribution in [3.63, 3.8) is 0 Å². The second kappa shape index (κ2) is 7.97. The zero-order valence-electron chi connectivity index (χ0n) is 15.4. The molecule has 0 unspecified atom stereocenters. The summed E-state index contributed by atoms with van der Waals surface area (Å²) in [5.41, 5.74) is 4.35. The molecule has 0 bridgehead atoms. The summed E-state index contributed by atoms with van der Waals surface area (Å²) in [7, 11) is 0. The number of benzene rings is 2. The number of amides is 1. The van der Waals surface area contributed by atoms with Crippen LogP contribution in [0.2, 0.25) is 0 Å². The van der Waals surface area contributed by atoms with Gasteiger partial charge in [-0.3, -0.25) is 4.79 Å². The average molecular weight is 348 g/mol. The van der Waals surface area contributed by atoms with Gasteiger partial charge in [-0.2, -0.15) is 0 Å². The van der Waals surface area contributed by atoms with Gasteiger partial charge in [0, 0.05) is 43.3 Å². The number of carbonyl (C=O) groups is 1. The molecule has 134 valence electrons. The first-order valence-electron chi connectivity index (χ1n) is 8.73. The van der Waals surface area contributed by atoms with Crippen LogP contribution in [0.1, 0.15) is 36.8 Å². The molecule has 3 rings (SSSR count). The SMILES string of the molecule is CC(=O)Nc1ccc(CN[C@@H](C)c2ccc(-n3ccnc3C)cc2)cc1. The number of aromatic nitrogens is 2. The van der Waals surface area contributed by atoms with Crippen LogP contribution in [-0.2, 0) is 11.3 Å². The lowest BCUT2D eigenvalue weighted by atomic mass is 10.1. The Kier molecular flexibility index (Phi) is 5.49. The third-order valence-electron chi connectivity index (χ3n) is 4.38. The van der Waals surface area contributed by atoms with Crippen molar-refractivity contribution >= 4 is 11.6 Å². The van der Waals surface area contributed by atoms with E-state index >= 15 is 0 Å². The molecule has 26 heavy (non-hydrogen) atoms. The Balaban J connectivity index is 1.59. The van der Waals surface area contributed by atoms with Crippen LogP contribution in [0.25, 0.3) is 5.69 Å². The number of imidazole rings is 1. The minimum Gasteiger partial charge on any atom is -0.326 e. The number of nitrogens with zero attached hydrogens (tertiary/aromatic N) is 2. The summed E-state index contributed by atoms with van der Waals surface area (Å²) < 4.78 is 2.07. The van der Waals surface area contributed by atoms with Crippen molar-refractivity contribution in [2.75, 3.05) is 5.32 Å². The van der Waals surface area contributed by atoms with Gasteiger partial charge in [0.15, 0.2) is 0 Å². The first-order valence-corrected chi connectivity index (χ1v) is 8.73. The first kappa shape index (κ1) is 17.9. The van der Waals surface area contributed by atoms with Gasteiger partial charge in [0.25, 0.3) is 0 Å². The minimum atomic E-state index is -0.0566. The summed E-state index contributed by atoms with van der Waals surface area (Å²) in [6.45, 7) is 6.43. The van der Waals surface area contributed by atoms with Crippen molar-refractivity contribution in [3.8, 4) is 5.69 Å². The van der Waals surface area contributed by atoms with Crippen LogP contribution in [0.15, 0.2) is 60.9 Å². The van der Waals surface area contributed by atoms with Gasteiger partial charge in [0.05, 0.1) is 0 Å². The van der Waals surface area contributed by atoms with Crippen molar-refractivity contribution in [1.29, 1.82) is 0 Å². The van der Waals surface area contributed by atoms with E-state index in [0.717, 1.165) is 23.7 Å². The van der Waals surface area contributed by atoms with E-state index in [1.165, 1.54) is 18.1 Å². The number of nitrogens with one attached hydrogen (secondary N) is 2. The molecular weight excluding hydrogens is 324 g/mol. The van der Waals surface area contributed by atoms with Crippen LogP contribution in [0.5, 0.6) is 0 Å². The molecule has 1 atom stereocenters. The lowest BCUT2D eigenvalue weighted by Crippen LogP contribution is -2.18. The van der Waals surface area contributed by atoms with Gasteiger partial charge in [-0.1, -0.05) is 24.3 Å². The zero-order chi connectivity index (χ0) is 18.5. The molecule has 2 N–H and O–H groups in total. The standard InChI is InChI=1S/C21H24N4O/c1-15(23-14-18-4-8-20(9-5-18)24-17(3)26)19-6-10-21(11-7-19)25-13-12-22-16(25)2/h4-13,15,23H,14H2,1-3H3,(H,24,26)/t15-/m0/s1. The van der Waals surface area contributed by atoms with Crippen LogP contribution >= 0.6 is 0 Å². The van der Waals surface area contributed by atoms with Crippen LogP contribution < -0.4 is 10.6 Å². The largest absolute Gasteiger partial charge is 0.326 e. The van der Waals surface area contributed by atoms with Crippen LogP contribution in [0.4, 0.5) is 5.69 Å². The number of anilines is 1. The van der Waals surface area contributed by atoms with E-state index in [-0.39, 0.29) is 11.9 Å². The number of carbonyl (C=O) groups excluding carboxylic acids is 1. The molecule has 2 aromatic carbocycles. The quantitative estimate of drug-likeness (QED) is 0.708. The van der Waals surface area contributed by atoms with Gasteiger partial charge >= 0.3 is 0 Å². The molecule has 0 aliphatic carbocycles. The normalized spacial score (nSPS) is 12.0. The molecule has 5 nitrogen and oxygen atoms in total. The van der Waals surface area contributed by atoms with Crippen molar-refractivity contribution in [2.45, 2.75) is 33.4 Å². The molecule has 0 radical (unpaired) electrons. The Morgan fingerprint density at radius 3 is 2.38 bits per heavy atom. The van der Waals surface area contributed by atoms with Gasteiger partial charge in [-0.05, 0) is 49.2 Å². The first-order chi connectivity index (χ1) is 12.5. The fraction of sp³-hybridized carbons (Fsp3) is 0.238. The predicted molar refractivity (Wildman–Crippen MR) is 104 cm³/mol. The van der Waals surface area contributed by atoms with Crippen molar-refractivity contribution < 1.29 is 4.79 Å². The molecular formula is C21H24N4O. The summed E-state index contributed by atoms with van der Waals surface area (Å²) in [5, 5.41) is 6.31. The molecule has 1 aromatic heterocycles. The number of aryl methyl sites for hydroxylation is 1. The van der Waals surface area contributed by atoms with Gasteiger partial charge in [-0.15, -0.1) is 0 Å². The number of rotatable bonds is 6. The highest BCUT2D eigenvalue weighted by atomic mass is 16.1. The Morgan fingerprint density at radius 1 is 1.12 bits per heavy atom. The summed E-state index contributed by atoms with van der Waals surface area (Å²) in [6, 6.07) is 16.7. The molecule has 1 amide bonds. The molecule has 0 aliphatic heterocycles. The average Bonchev–Trinajstić information content (AvgIpc) is 3.06. The highest BCUT2D eigenvalue weighted by molar-refractivity contribution is 5.88. The van der Waals surface area contributed by atoms with Gasteiger partial charge in [-0.25, -0.2) is 4.98 Å². The third-order valence-corrected chi connectivity index (χ3v) is 4.38. The number of hydrogen-bond acceptors (Lipinski definition) is 3. The van der Waals surface area contributed by atoms with E-state index < -0.39 is 0 Å². The maximum Gasteiger partial charge on any atom is 0.221 e. The second-order valence-electron chi connectivity index (χ2n) is 6.42. The van der Waals surface area contributed by atoms with Crippen LogP contribution in [-0.4, -0.2) is 15.5 Å².